The number of carbonyl (C=O) groups is 1. The van der Waals surface area contributed by atoms with Crippen molar-refractivity contribution < 1.29 is 23.3 Å². The van der Waals surface area contributed by atoms with E-state index in [9.17, 15) is 23.3 Å². The summed E-state index contributed by atoms with van der Waals surface area (Å²) in [5, 5.41) is 22.3. The molecule has 0 bridgehead atoms. The molecule has 0 unspecified atom stereocenters. The first-order chi connectivity index (χ1) is 14.6. The SMILES string of the molecule is CC(C)C[C@H](NC(=O)[C@H](Cc1ccccc1)N(c1cc(Cl)ccc1Cl)[SH](=O)=O)B(O)O. The molecule has 0 radical (unpaired) electrons. The van der Waals surface area contributed by atoms with Crippen LogP contribution in [0.4, 0.5) is 5.69 Å². The van der Waals surface area contributed by atoms with Gasteiger partial charge in [0, 0.05) is 11.4 Å². The Labute approximate surface area is 194 Å². The number of thiol groups is 1. The predicted molar refractivity (Wildman–Crippen MR) is 125 cm³/mol. The van der Waals surface area contributed by atoms with E-state index in [1.807, 2.05) is 13.8 Å². The number of halogens is 2. The van der Waals surface area contributed by atoms with Crippen LogP contribution in [0.2, 0.25) is 10.0 Å². The Bertz CT molecular complexity index is 952. The maximum Gasteiger partial charge on any atom is 0.475 e. The van der Waals surface area contributed by atoms with E-state index in [-0.39, 0.29) is 28.1 Å². The zero-order valence-corrected chi connectivity index (χ0v) is 19.5. The van der Waals surface area contributed by atoms with Crippen LogP contribution in [0.3, 0.4) is 0 Å². The minimum absolute atomic E-state index is 0.0365. The molecule has 168 valence electrons. The molecular weight excluding hydrogens is 462 g/mol. The van der Waals surface area contributed by atoms with E-state index in [0.717, 1.165) is 4.31 Å². The molecule has 1 amide bonds. The molecule has 0 aliphatic carbocycles. The van der Waals surface area contributed by atoms with Gasteiger partial charge in [0.1, 0.15) is 6.04 Å². The highest BCUT2D eigenvalue weighted by molar-refractivity contribution is 7.74. The Kier molecular flexibility index (Phi) is 9.65. The van der Waals surface area contributed by atoms with Gasteiger partial charge in [-0.3, -0.25) is 9.10 Å². The highest BCUT2D eigenvalue weighted by Crippen LogP contribution is 2.31. The Balaban J connectivity index is 2.49. The van der Waals surface area contributed by atoms with Crippen molar-refractivity contribution in [1.82, 2.24) is 5.32 Å². The first-order valence-electron chi connectivity index (χ1n) is 9.69. The summed E-state index contributed by atoms with van der Waals surface area (Å²) in [5.74, 6) is -1.58. The van der Waals surface area contributed by atoms with E-state index in [1.165, 1.54) is 18.2 Å². The maximum atomic E-state index is 13.2. The van der Waals surface area contributed by atoms with Crippen LogP contribution in [0.15, 0.2) is 48.5 Å². The zero-order chi connectivity index (χ0) is 23.1. The maximum absolute atomic E-state index is 13.2. The van der Waals surface area contributed by atoms with Crippen LogP contribution < -0.4 is 9.62 Å². The highest BCUT2D eigenvalue weighted by Gasteiger charge is 2.34. The summed E-state index contributed by atoms with van der Waals surface area (Å²) in [6.07, 6.45) is 0.331. The first-order valence-corrected chi connectivity index (χ1v) is 11.6. The van der Waals surface area contributed by atoms with Crippen molar-refractivity contribution in [2.75, 3.05) is 4.31 Å². The van der Waals surface area contributed by atoms with E-state index in [2.05, 4.69) is 5.32 Å². The lowest BCUT2D eigenvalue weighted by molar-refractivity contribution is -0.122. The van der Waals surface area contributed by atoms with E-state index >= 15 is 0 Å². The average Bonchev–Trinajstić information content (AvgIpc) is 2.69. The third kappa shape index (κ3) is 7.40. The summed E-state index contributed by atoms with van der Waals surface area (Å²) in [6, 6.07) is 12.0. The molecule has 0 saturated carbocycles. The monoisotopic (exact) mass is 486 g/mol. The van der Waals surface area contributed by atoms with Gasteiger partial charge in [-0.15, -0.1) is 0 Å². The second kappa shape index (κ2) is 11.7. The van der Waals surface area contributed by atoms with Gasteiger partial charge in [-0.2, -0.15) is 0 Å². The summed E-state index contributed by atoms with van der Waals surface area (Å²) >= 11 is 12.3. The Hall–Kier alpha value is -1.78. The third-order valence-electron chi connectivity index (χ3n) is 4.61. The lowest BCUT2D eigenvalue weighted by Gasteiger charge is -2.30. The smallest absolute Gasteiger partial charge is 0.426 e. The fourth-order valence-corrected chi connectivity index (χ4v) is 4.39. The van der Waals surface area contributed by atoms with Gasteiger partial charge in [0.05, 0.1) is 16.7 Å². The van der Waals surface area contributed by atoms with Gasteiger partial charge < -0.3 is 15.4 Å². The van der Waals surface area contributed by atoms with Crippen LogP contribution in [0, 0.1) is 5.92 Å². The van der Waals surface area contributed by atoms with Crippen molar-refractivity contribution in [2.24, 2.45) is 5.92 Å². The van der Waals surface area contributed by atoms with E-state index < -0.39 is 35.9 Å². The summed E-state index contributed by atoms with van der Waals surface area (Å²) in [4.78, 5) is 13.2. The Morgan fingerprint density at radius 1 is 1.13 bits per heavy atom. The van der Waals surface area contributed by atoms with Crippen molar-refractivity contribution in [3.63, 3.8) is 0 Å². The Morgan fingerprint density at radius 3 is 2.32 bits per heavy atom. The van der Waals surface area contributed by atoms with Gasteiger partial charge in [0.15, 0.2) is 0 Å². The lowest BCUT2D eigenvalue weighted by atomic mass is 9.75. The second-order valence-corrected chi connectivity index (χ2v) is 9.29. The first kappa shape index (κ1) is 25.5. The molecule has 3 N–H and O–H groups in total. The quantitative estimate of drug-likeness (QED) is 0.305. The van der Waals surface area contributed by atoms with Crippen LogP contribution in [0.25, 0.3) is 0 Å². The summed E-state index contributed by atoms with van der Waals surface area (Å²) in [6.45, 7) is 3.74. The third-order valence-corrected chi connectivity index (χ3v) is 6.01. The molecule has 0 spiro atoms. The molecule has 0 aromatic heterocycles. The van der Waals surface area contributed by atoms with Gasteiger partial charge >= 0.3 is 7.12 Å². The van der Waals surface area contributed by atoms with Gasteiger partial charge in [0.25, 0.3) is 0 Å². The van der Waals surface area contributed by atoms with Crippen LogP contribution in [-0.4, -0.2) is 43.5 Å². The highest BCUT2D eigenvalue weighted by atomic mass is 35.5. The van der Waals surface area contributed by atoms with Crippen LogP contribution in [-0.2, 0) is 22.1 Å². The standard InChI is InChI=1S/C20H25BCl2N2O5S/c1-13(2)10-19(21(27)28)24-20(26)18(11-14-6-4-3-5-7-14)25(31(29)30)17-12-15(22)8-9-16(17)23/h3-9,12-13,18-19,27-28,31H,10-11H2,1-2H3,(H,24,26)/t18-,19-/m0/s1. The largest absolute Gasteiger partial charge is 0.475 e. The van der Waals surface area contributed by atoms with Crippen LogP contribution in [0.1, 0.15) is 25.8 Å². The van der Waals surface area contributed by atoms with Gasteiger partial charge in [-0.25, -0.2) is 8.42 Å². The number of nitrogens with zero attached hydrogens (tertiary/aromatic N) is 1. The minimum Gasteiger partial charge on any atom is -0.426 e. The number of nitrogens with one attached hydrogen (secondary N) is 1. The number of rotatable bonds is 10. The van der Waals surface area contributed by atoms with E-state index in [0.29, 0.717) is 12.0 Å². The Morgan fingerprint density at radius 2 is 1.77 bits per heavy atom. The molecule has 2 atom stereocenters. The van der Waals surface area contributed by atoms with Gasteiger partial charge in [-0.1, -0.05) is 67.4 Å². The fourth-order valence-electron chi connectivity index (χ4n) is 3.20. The number of amides is 1. The number of hydrogen-bond donors (Lipinski definition) is 4. The topological polar surface area (TPSA) is 107 Å². The lowest BCUT2D eigenvalue weighted by Crippen LogP contribution is -2.55. The van der Waals surface area contributed by atoms with E-state index in [1.54, 1.807) is 30.3 Å². The molecule has 2 aromatic rings. The molecule has 11 heteroatoms. The molecule has 0 heterocycles. The fraction of sp³-hybridized carbons (Fsp3) is 0.350. The normalized spacial score (nSPS) is 13.2. The molecular formula is C20H25BCl2N2O5S. The van der Waals surface area contributed by atoms with Crippen molar-refractivity contribution in [1.29, 1.82) is 0 Å². The molecule has 0 aliphatic heterocycles. The van der Waals surface area contributed by atoms with Gasteiger partial charge in [0.2, 0.25) is 16.8 Å². The molecule has 0 aliphatic rings. The molecule has 0 fully saturated rings. The van der Waals surface area contributed by atoms with Crippen molar-refractivity contribution in [2.45, 2.75) is 38.7 Å². The summed E-state index contributed by atoms with van der Waals surface area (Å²) in [5.41, 5.74) is 0.777. The van der Waals surface area contributed by atoms with Crippen LogP contribution >= 0.6 is 23.2 Å². The molecule has 31 heavy (non-hydrogen) atoms. The number of carbonyl (C=O) groups excluding carboxylic acids is 1. The predicted octanol–water partition coefficient (Wildman–Crippen LogP) is 2.48. The number of benzene rings is 2. The zero-order valence-electron chi connectivity index (χ0n) is 17.1. The number of hydrogen-bond acceptors (Lipinski definition) is 5. The van der Waals surface area contributed by atoms with E-state index in [4.69, 9.17) is 23.2 Å². The average molecular weight is 487 g/mol. The van der Waals surface area contributed by atoms with Gasteiger partial charge in [-0.05, 0) is 36.1 Å². The molecule has 0 saturated heterocycles. The summed E-state index contributed by atoms with van der Waals surface area (Å²) in [7, 11) is -5.09. The minimum atomic E-state index is -3.29. The number of anilines is 1. The van der Waals surface area contributed by atoms with Crippen molar-refractivity contribution >= 4 is 52.8 Å². The molecule has 2 aromatic carbocycles. The van der Waals surface area contributed by atoms with Crippen molar-refractivity contribution in [3.05, 3.63) is 64.1 Å². The van der Waals surface area contributed by atoms with Crippen LogP contribution in [0.5, 0.6) is 0 Å². The van der Waals surface area contributed by atoms with Crippen molar-refractivity contribution in [3.8, 4) is 0 Å². The molecule has 2 rings (SSSR count). The summed E-state index contributed by atoms with van der Waals surface area (Å²) < 4.78 is 25.4. The second-order valence-electron chi connectivity index (χ2n) is 7.54. The molecule has 7 nitrogen and oxygen atoms in total.